The Morgan fingerprint density at radius 3 is 2.55 bits per heavy atom. The molecule has 0 saturated carbocycles. The predicted molar refractivity (Wildman–Crippen MR) is 121 cm³/mol. The first kappa shape index (κ1) is 22.6. The lowest BCUT2D eigenvalue weighted by Crippen LogP contribution is -2.45. The van der Waals surface area contributed by atoms with E-state index in [-0.39, 0.29) is 0 Å². The highest BCUT2D eigenvalue weighted by Gasteiger charge is 2.14. The maximum atomic E-state index is 11.8. The first-order chi connectivity index (χ1) is 14.9. The number of hydrogen-bond donors (Lipinski definition) is 1. The van der Waals surface area contributed by atoms with Gasteiger partial charge in [0, 0.05) is 52.9 Å². The molecule has 31 heavy (non-hydrogen) atoms. The fourth-order valence-electron chi connectivity index (χ4n) is 3.17. The summed E-state index contributed by atoms with van der Waals surface area (Å²) >= 11 is 0. The van der Waals surface area contributed by atoms with Crippen LogP contribution in [0.4, 0.5) is 5.82 Å². The fraction of sp³-hybridized carbons (Fsp3) is 0.476. The zero-order valence-corrected chi connectivity index (χ0v) is 18.5. The van der Waals surface area contributed by atoms with Crippen molar-refractivity contribution in [2.45, 2.75) is 0 Å². The lowest BCUT2D eigenvalue weighted by molar-refractivity contribution is 0.133. The van der Waals surface area contributed by atoms with Crippen molar-refractivity contribution in [3.8, 4) is 11.5 Å². The normalized spacial score (nSPS) is 15.4. The van der Waals surface area contributed by atoms with Crippen LogP contribution in [-0.4, -0.2) is 86.1 Å². The van der Waals surface area contributed by atoms with Gasteiger partial charge in [-0.25, -0.2) is 4.79 Å². The largest absolute Gasteiger partial charge is 0.493 e. The standard InChI is InChI=1S/C21H30N6O4/c1-24-7-9-27(10-8-24)11-12-31-17-6-5-16(13-18(17)30-4)15-22-26(3)19-14-20(28)25(2)21(29)23-19/h5-6,13-15H,7-12H2,1-4H3,(H,23,29). The summed E-state index contributed by atoms with van der Waals surface area (Å²) in [4.78, 5) is 30.9. The fourth-order valence-corrected chi connectivity index (χ4v) is 3.17. The number of ether oxygens (including phenoxy) is 2. The molecule has 0 atom stereocenters. The van der Waals surface area contributed by atoms with E-state index < -0.39 is 11.2 Å². The van der Waals surface area contributed by atoms with Gasteiger partial charge in [-0.3, -0.25) is 24.3 Å². The van der Waals surface area contributed by atoms with Crippen molar-refractivity contribution in [1.29, 1.82) is 0 Å². The van der Waals surface area contributed by atoms with Crippen molar-refractivity contribution in [3.05, 3.63) is 50.7 Å². The maximum Gasteiger partial charge on any atom is 0.329 e. The Labute approximate surface area is 181 Å². The van der Waals surface area contributed by atoms with E-state index in [9.17, 15) is 9.59 Å². The number of H-pyrrole nitrogens is 1. The van der Waals surface area contributed by atoms with E-state index in [4.69, 9.17) is 9.47 Å². The Kier molecular flexibility index (Phi) is 7.48. The number of nitrogens with zero attached hydrogens (tertiary/aromatic N) is 5. The highest BCUT2D eigenvalue weighted by Crippen LogP contribution is 2.27. The molecular weight excluding hydrogens is 400 g/mol. The van der Waals surface area contributed by atoms with Gasteiger partial charge in [-0.1, -0.05) is 0 Å². The summed E-state index contributed by atoms with van der Waals surface area (Å²) in [6, 6.07) is 6.87. The van der Waals surface area contributed by atoms with Gasteiger partial charge in [-0.15, -0.1) is 0 Å². The average Bonchev–Trinajstić information content (AvgIpc) is 2.77. The van der Waals surface area contributed by atoms with Gasteiger partial charge in [0.25, 0.3) is 5.56 Å². The Hall–Kier alpha value is -3.11. The van der Waals surface area contributed by atoms with Gasteiger partial charge in [-0.2, -0.15) is 5.10 Å². The monoisotopic (exact) mass is 430 g/mol. The van der Waals surface area contributed by atoms with Crippen molar-refractivity contribution < 1.29 is 9.47 Å². The zero-order chi connectivity index (χ0) is 22.4. The van der Waals surface area contributed by atoms with Crippen LogP contribution in [0.1, 0.15) is 5.56 Å². The van der Waals surface area contributed by atoms with Crippen molar-refractivity contribution >= 4 is 12.0 Å². The molecule has 3 rings (SSSR count). The number of hydrazone groups is 1. The zero-order valence-electron chi connectivity index (χ0n) is 18.5. The maximum absolute atomic E-state index is 11.8. The molecule has 0 amide bonds. The predicted octanol–water partition coefficient (Wildman–Crippen LogP) is 0.179. The molecule has 0 bridgehead atoms. The number of piperazine rings is 1. The molecule has 0 radical (unpaired) electrons. The Morgan fingerprint density at radius 1 is 1.13 bits per heavy atom. The summed E-state index contributed by atoms with van der Waals surface area (Å²) < 4.78 is 12.4. The molecule has 1 N–H and O–H groups in total. The molecule has 168 valence electrons. The van der Waals surface area contributed by atoms with E-state index in [0.29, 0.717) is 23.9 Å². The topological polar surface area (TPSA) is 95.4 Å². The number of nitrogens with one attached hydrogen (secondary N) is 1. The third-order valence-corrected chi connectivity index (χ3v) is 5.31. The van der Waals surface area contributed by atoms with Gasteiger partial charge in [0.1, 0.15) is 12.4 Å². The van der Waals surface area contributed by atoms with Crippen molar-refractivity contribution in [1.82, 2.24) is 19.4 Å². The molecule has 1 saturated heterocycles. The minimum absolute atomic E-state index is 0.306. The SMILES string of the molecule is COc1cc(C=NN(C)c2cc(=O)n(C)c(=O)[nH]2)ccc1OCCN1CCN(C)CC1. The number of anilines is 1. The Bertz CT molecular complexity index is 992. The summed E-state index contributed by atoms with van der Waals surface area (Å²) in [7, 11) is 6.80. The molecule has 2 heterocycles. The molecule has 10 heteroatoms. The van der Waals surface area contributed by atoms with Gasteiger partial charge >= 0.3 is 5.69 Å². The lowest BCUT2D eigenvalue weighted by Gasteiger charge is -2.32. The number of aromatic nitrogens is 2. The van der Waals surface area contributed by atoms with Crippen LogP contribution in [0.15, 0.2) is 39.0 Å². The molecule has 1 aliphatic rings. The van der Waals surface area contributed by atoms with Crippen LogP contribution in [0.25, 0.3) is 0 Å². The van der Waals surface area contributed by atoms with Crippen molar-refractivity contribution in [3.63, 3.8) is 0 Å². The number of likely N-dealkylation sites (N-methyl/N-ethyl adjacent to an activating group) is 1. The van der Waals surface area contributed by atoms with Gasteiger partial charge in [0.2, 0.25) is 0 Å². The molecule has 1 fully saturated rings. The molecule has 0 spiro atoms. The van der Waals surface area contributed by atoms with Crippen LogP contribution in [0, 0.1) is 0 Å². The highest BCUT2D eigenvalue weighted by atomic mass is 16.5. The van der Waals surface area contributed by atoms with E-state index in [0.717, 1.165) is 42.9 Å². The summed E-state index contributed by atoms with van der Waals surface area (Å²) in [5.41, 5.74) is -0.105. The summed E-state index contributed by atoms with van der Waals surface area (Å²) in [6.07, 6.45) is 1.62. The van der Waals surface area contributed by atoms with Crippen LogP contribution in [0.5, 0.6) is 11.5 Å². The van der Waals surface area contributed by atoms with Crippen molar-refractivity contribution in [2.24, 2.45) is 12.1 Å². The van der Waals surface area contributed by atoms with Gasteiger partial charge in [0.15, 0.2) is 11.5 Å². The Balaban J connectivity index is 1.61. The van der Waals surface area contributed by atoms with E-state index in [2.05, 4.69) is 26.9 Å². The third kappa shape index (κ3) is 5.96. The smallest absolute Gasteiger partial charge is 0.329 e. The van der Waals surface area contributed by atoms with E-state index in [1.807, 2.05) is 18.2 Å². The Morgan fingerprint density at radius 2 is 1.87 bits per heavy atom. The number of rotatable bonds is 8. The second-order valence-electron chi connectivity index (χ2n) is 7.53. The molecule has 0 unspecified atom stereocenters. The van der Waals surface area contributed by atoms with Crippen LogP contribution >= 0.6 is 0 Å². The molecule has 1 aromatic heterocycles. The average molecular weight is 431 g/mol. The molecule has 0 aliphatic carbocycles. The van der Waals surface area contributed by atoms with E-state index >= 15 is 0 Å². The van der Waals surface area contributed by atoms with Crippen LogP contribution in [-0.2, 0) is 7.05 Å². The van der Waals surface area contributed by atoms with Gasteiger partial charge in [-0.05, 0) is 30.8 Å². The molecule has 2 aromatic rings. The number of methoxy groups -OCH3 is 1. The van der Waals surface area contributed by atoms with Crippen LogP contribution in [0.2, 0.25) is 0 Å². The first-order valence-electron chi connectivity index (χ1n) is 10.2. The molecule has 10 nitrogen and oxygen atoms in total. The summed E-state index contributed by atoms with van der Waals surface area (Å²) in [6.45, 7) is 5.73. The number of hydrogen-bond acceptors (Lipinski definition) is 8. The van der Waals surface area contributed by atoms with E-state index in [1.165, 1.54) is 18.1 Å². The molecular formula is C21H30N6O4. The van der Waals surface area contributed by atoms with E-state index in [1.54, 1.807) is 20.4 Å². The molecule has 1 aliphatic heterocycles. The quantitative estimate of drug-likeness (QED) is 0.471. The minimum atomic E-state index is -0.496. The summed E-state index contributed by atoms with van der Waals surface area (Å²) in [5.74, 6) is 1.60. The second-order valence-corrected chi connectivity index (χ2v) is 7.53. The third-order valence-electron chi connectivity index (χ3n) is 5.31. The second kappa shape index (κ2) is 10.3. The van der Waals surface area contributed by atoms with Crippen LogP contribution in [0.3, 0.4) is 0 Å². The summed E-state index contributed by atoms with van der Waals surface area (Å²) in [5, 5.41) is 5.72. The lowest BCUT2D eigenvalue weighted by atomic mass is 10.2. The molecule has 1 aromatic carbocycles. The highest BCUT2D eigenvalue weighted by molar-refractivity contribution is 5.81. The number of benzene rings is 1. The number of aromatic amines is 1. The van der Waals surface area contributed by atoms with Crippen LogP contribution < -0.4 is 25.7 Å². The minimum Gasteiger partial charge on any atom is -0.493 e. The van der Waals surface area contributed by atoms with Gasteiger partial charge < -0.3 is 14.4 Å². The van der Waals surface area contributed by atoms with Gasteiger partial charge in [0.05, 0.1) is 13.3 Å². The van der Waals surface area contributed by atoms with Crippen molar-refractivity contribution in [2.75, 3.05) is 65.5 Å². The first-order valence-corrected chi connectivity index (χ1v) is 10.2.